The lowest BCUT2D eigenvalue weighted by atomic mass is 9.84. The molecular weight excluding hydrogens is 504 g/mol. The molecule has 12 heteroatoms. The maximum atomic E-state index is 13.8. The second-order valence-corrected chi connectivity index (χ2v) is 10.7. The Bertz CT molecular complexity index is 973. The number of hydrogen-bond acceptors (Lipinski definition) is 5. The van der Waals surface area contributed by atoms with Crippen LogP contribution >= 0.6 is 0 Å². The van der Waals surface area contributed by atoms with E-state index in [1.807, 2.05) is 11.9 Å². The van der Waals surface area contributed by atoms with Crippen molar-refractivity contribution < 1.29 is 40.7 Å². The first kappa shape index (κ1) is 29.1. The van der Waals surface area contributed by atoms with E-state index in [2.05, 4.69) is 4.90 Å². The molecule has 0 radical (unpaired) electrons. The highest BCUT2D eigenvalue weighted by molar-refractivity contribution is 6.05. The van der Waals surface area contributed by atoms with Crippen molar-refractivity contribution in [3.8, 4) is 0 Å². The highest BCUT2D eigenvalue weighted by Crippen LogP contribution is 2.42. The van der Waals surface area contributed by atoms with Crippen molar-refractivity contribution in [3.05, 3.63) is 23.8 Å². The van der Waals surface area contributed by atoms with Crippen molar-refractivity contribution in [3.63, 3.8) is 0 Å². The monoisotopic (exact) mass is 537 g/mol. The maximum absolute atomic E-state index is 13.8. The summed E-state index contributed by atoms with van der Waals surface area (Å²) in [4.78, 5) is 30.3. The van der Waals surface area contributed by atoms with E-state index in [4.69, 9.17) is 4.74 Å². The summed E-state index contributed by atoms with van der Waals surface area (Å²) in [6, 6.07) is 3.11. The molecule has 0 N–H and O–H groups in total. The normalized spacial score (nSPS) is 22.1. The van der Waals surface area contributed by atoms with Crippen LogP contribution < -0.4 is 9.80 Å². The van der Waals surface area contributed by atoms with E-state index < -0.39 is 54.6 Å². The molecule has 0 aromatic heterocycles. The third-order valence-electron chi connectivity index (χ3n) is 6.71. The number of carbonyl (C=O) groups is 2. The van der Waals surface area contributed by atoms with Crippen molar-refractivity contribution in [2.24, 2.45) is 5.92 Å². The van der Waals surface area contributed by atoms with Crippen LogP contribution in [0.3, 0.4) is 0 Å². The number of alkyl halides is 6. The first-order valence-electron chi connectivity index (χ1n) is 12.3. The Morgan fingerprint density at radius 1 is 0.919 bits per heavy atom. The summed E-state index contributed by atoms with van der Waals surface area (Å²) in [6.07, 6.45) is -11.1. The molecule has 1 saturated heterocycles. The first-order chi connectivity index (χ1) is 17.0. The van der Waals surface area contributed by atoms with Gasteiger partial charge in [0.25, 0.3) is 0 Å². The van der Waals surface area contributed by atoms with Gasteiger partial charge >= 0.3 is 24.2 Å². The van der Waals surface area contributed by atoms with Gasteiger partial charge in [-0.05, 0) is 71.7 Å². The number of carbonyl (C=O) groups excluding carboxylic acids is 2. The number of benzene rings is 1. The number of anilines is 2. The summed E-state index contributed by atoms with van der Waals surface area (Å²) in [6.45, 7) is 7.35. The second-order valence-electron chi connectivity index (χ2n) is 10.7. The van der Waals surface area contributed by atoms with Crippen molar-refractivity contribution in [1.29, 1.82) is 0 Å². The predicted octanol–water partition coefficient (Wildman–Crippen LogP) is 5.41. The smallest absolute Gasteiger partial charge is 0.456 e. The minimum Gasteiger partial charge on any atom is -0.456 e. The third kappa shape index (κ3) is 7.30. The van der Waals surface area contributed by atoms with Crippen molar-refractivity contribution in [2.75, 3.05) is 43.0 Å². The van der Waals surface area contributed by atoms with Gasteiger partial charge in [0.1, 0.15) is 5.60 Å². The van der Waals surface area contributed by atoms with Crippen molar-refractivity contribution >= 4 is 23.3 Å². The van der Waals surface area contributed by atoms with E-state index in [9.17, 15) is 35.9 Å². The lowest BCUT2D eigenvalue weighted by Gasteiger charge is -2.39. The Morgan fingerprint density at radius 3 is 1.97 bits per heavy atom. The SMILES string of the molecule is CN1CCN(c2ccc(C(=O)OC(C)(C)C)c(N(C(=O)C(F)(F)F)C3CCC(C(F)(F)F)CC3)c2)CC1. The summed E-state index contributed by atoms with van der Waals surface area (Å²) < 4.78 is 86.5. The number of esters is 1. The van der Waals surface area contributed by atoms with Gasteiger partial charge in [0.15, 0.2) is 0 Å². The second kappa shape index (κ2) is 10.7. The summed E-state index contributed by atoms with van der Waals surface area (Å²) >= 11 is 0. The molecule has 1 aliphatic carbocycles. The number of halogens is 6. The molecule has 0 unspecified atom stereocenters. The molecule has 37 heavy (non-hydrogen) atoms. The third-order valence-corrected chi connectivity index (χ3v) is 6.71. The van der Waals surface area contributed by atoms with Gasteiger partial charge in [-0.25, -0.2) is 4.79 Å². The average molecular weight is 538 g/mol. The lowest BCUT2D eigenvalue weighted by Crippen LogP contribution is -2.50. The van der Waals surface area contributed by atoms with Crippen LogP contribution in [0.1, 0.15) is 56.8 Å². The minimum absolute atomic E-state index is 0.247. The van der Waals surface area contributed by atoms with Gasteiger partial charge in [0.2, 0.25) is 0 Å². The van der Waals surface area contributed by atoms with Crippen LogP contribution in [0.5, 0.6) is 0 Å². The standard InChI is InChI=1S/C25H33F6N3O3/c1-23(2,3)37-21(35)19-10-9-18(33-13-11-32(4)12-14-33)15-20(19)34(22(36)25(29,30)31)17-7-5-16(6-8-17)24(26,27)28/h9-10,15-17H,5-8,11-14H2,1-4H3. The molecule has 1 aliphatic heterocycles. The number of amides is 1. The summed E-state index contributed by atoms with van der Waals surface area (Å²) in [5, 5.41) is 0. The Morgan fingerprint density at radius 2 is 1.49 bits per heavy atom. The molecule has 3 rings (SSSR count). The summed E-state index contributed by atoms with van der Waals surface area (Å²) in [7, 11) is 1.94. The van der Waals surface area contributed by atoms with Crippen LogP contribution in [0.15, 0.2) is 18.2 Å². The summed E-state index contributed by atoms with van der Waals surface area (Å²) in [5.41, 5.74) is -1.00. The molecule has 1 saturated carbocycles. The molecule has 1 amide bonds. The first-order valence-corrected chi connectivity index (χ1v) is 12.3. The van der Waals surface area contributed by atoms with E-state index in [1.165, 1.54) is 12.1 Å². The predicted molar refractivity (Wildman–Crippen MR) is 127 cm³/mol. The molecule has 208 valence electrons. The van der Waals surface area contributed by atoms with Crippen molar-refractivity contribution in [2.45, 2.75) is 70.4 Å². The van der Waals surface area contributed by atoms with Gasteiger partial charge in [0.05, 0.1) is 17.2 Å². The zero-order valence-corrected chi connectivity index (χ0v) is 21.4. The van der Waals surface area contributed by atoms with E-state index in [-0.39, 0.29) is 24.1 Å². The maximum Gasteiger partial charge on any atom is 0.471 e. The molecular formula is C25H33F6N3O3. The molecule has 0 bridgehead atoms. The van der Waals surface area contributed by atoms with E-state index in [0.29, 0.717) is 36.8 Å². The van der Waals surface area contributed by atoms with E-state index >= 15 is 0 Å². The van der Waals surface area contributed by atoms with Gasteiger partial charge in [-0.3, -0.25) is 4.79 Å². The van der Waals surface area contributed by atoms with Crippen LogP contribution in [0.4, 0.5) is 37.7 Å². The van der Waals surface area contributed by atoms with Crippen LogP contribution in [0.2, 0.25) is 0 Å². The largest absolute Gasteiger partial charge is 0.471 e. The fourth-order valence-corrected chi connectivity index (χ4v) is 4.76. The van der Waals surface area contributed by atoms with Crippen LogP contribution in [0.25, 0.3) is 0 Å². The zero-order chi connectivity index (χ0) is 27.8. The Hall–Kier alpha value is -2.50. The number of likely N-dealkylation sites (N-methyl/N-ethyl adjacent to an activating group) is 1. The Labute approximate surface area is 212 Å². The molecule has 1 aromatic carbocycles. The molecule has 6 nitrogen and oxygen atoms in total. The van der Waals surface area contributed by atoms with Gasteiger partial charge in [-0.1, -0.05) is 0 Å². The molecule has 0 atom stereocenters. The molecule has 1 heterocycles. The molecule has 2 fully saturated rings. The molecule has 2 aliphatic rings. The highest BCUT2D eigenvalue weighted by Gasteiger charge is 2.49. The lowest BCUT2D eigenvalue weighted by molar-refractivity contribution is -0.183. The Balaban J connectivity index is 2.08. The zero-order valence-electron chi connectivity index (χ0n) is 21.4. The number of nitrogens with zero attached hydrogens (tertiary/aromatic N) is 3. The average Bonchev–Trinajstić information content (AvgIpc) is 2.77. The van der Waals surface area contributed by atoms with Gasteiger partial charge in [-0.15, -0.1) is 0 Å². The molecule has 1 aromatic rings. The van der Waals surface area contributed by atoms with Gasteiger partial charge in [-0.2, -0.15) is 26.3 Å². The quantitative estimate of drug-likeness (QED) is 0.380. The summed E-state index contributed by atoms with van der Waals surface area (Å²) in [5.74, 6) is -4.78. The highest BCUT2D eigenvalue weighted by atomic mass is 19.4. The number of hydrogen-bond donors (Lipinski definition) is 0. The topological polar surface area (TPSA) is 53.1 Å². The van der Waals surface area contributed by atoms with Gasteiger partial charge in [0, 0.05) is 37.9 Å². The van der Waals surface area contributed by atoms with Crippen LogP contribution in [0, 0.1) is 5.92 Å². The fraction of sp³-hybridized carbons (Fsp3) is 0.680. The number of rotatable bonds is 4. The molecule has 0 spiro atoms. The van der Waals surface area contributed by atoms with E-state index in [0.717, 1.165) is 0 Å². The number of piperazine rings is 1. The van der Waals surface area contributed by atoms with Crippen molar-refractivity contribution in [1.82, 2.24) is 4.90 Å². The fourth-order valence-electron chi connectivity index (χ4n) is 4.76. The van der Waals surface area contributed by atoms with Gasteiger partial charge < -0.3 is 19.4 Å². The van der Waals surface area contributed by atoms with Crippen LogP contribution in [-0.2, 0) is 9.53 Å². The Kier molecular flexibility index (Phi) is 8.41. The minimum atomic E-state index is -5.30. The van der Waals surface area contributed by atoms with Crippen LogP contribution in [-0.4, -0.2) is 74.0 Å². The van der Waals surface area contributed by atoms with E-state index in [1.54, 1.807) is 26.8 Å². The number of ether oxygens (including phenoxy) is 1.